The van der Waals surface area contributed by atoms with Crippen molar-refractivity contribution in [3.05, 3.63) is 11.8 Å². The van der Waals surface area contributed by atoms with Gasteiger partial charge in [-0.05, 0) is 18.9 Å². The molecular formula is C9H16N2. The van der Waals surface area contributed by atoms with Gasteiger partial charge in [0.1, 0.15) is 5.84 Å². The molecule has 0 saturated heterocycles. The second kappa shape index (κ2) is 3.56. The van der Waals surface area contributed by atoms with Crippen molar-refractivity contribution in [3.8, 4) is 0 Å². The van der Waals surface area contributed by atoms with Gasteiger partial charge in [-0.1, -0.05) is 13.8 Å². The van der Waals surface area contributed by atoms with Gasteiger partial charge in [-0.15, -0.1) is 0 Å². The van der Waals surface area contributed by atoms with Gasteiger partial charge in [-0.2, -0.15) is 0 Å². The topological polar surface area (TPSA) is 24.4 Å². The fourth-order valence-electron chi connectivity index (χ4n) is 1.23. The summed E-state index contributed by atoms with van der Waals surface area (Å²) in [6.07, 6.45) is 4.17. The van der Waals surface area contributed by atoms with Gasteiger partial charge in [-0.3, -0.25) is 4.99 Å². The fraction of sp³-hybridized carbons (Fsp3) is 0.667. The highest BCUT2D eigenvalue weighted by Crippen LogP contribution is 2.12. The normalized spacial score (nSPS) is 23.7. The van der Waals surface area contributed by atoms with Gasteiger partial charge in [0.25, 0.3) is 0 Å². The summed E-state index contributed by atoms with van der Waals surface area (Å²) in [5.41, 5.74) is 1.34. The van der Waals surface area contributed by atoms with Gasteiger partial charge < -0.3 is 5.32 Å². The van der Waals surface area contributed by atoms with E-state index in [0.717, 1.165) is 18.7 Å². The Kier molecular flexibility index (Phi) is 2.69. The summed E-state index contributed by atoms with van der Waals surface area (Å²) in [4.78, 5) is 4.54. The Morgan fingerprint density at radius 3 is 2.82 bits per heavy atom. The molecule has 1 N–H and O–H groups in total. The third-order valence-corrected chi connectivity index (χ3v) is 2.03. The molecule has 0 aromatic rings. The summed E-state index contributed by atoms with van der Waals surface area (Å²) in [6.45, 7) is 6.41. The lowest BCUT2D eigenvalue weighted by molar-refractivity contribution is 0.714. The Bertz CT molecular complexity index is 192. The van der Waals surface area contributed by atoms with E-state index in [-0.39, 0.29) is 0 Å². The van der Waals surface area contributed by atoms with Crippen molar-refractivity contribution < 1.29 is 0 Å². The van der Waals surface area contributed by atoms with Crippen LogP contribution < -0.4 is 5.32 Å². The highest BCUT2D eigenvalue weighted by atomic mass is 15.0. The molecule has 0 saturated carbocycles. The number of hydrogen-bond donors (Lipinski definition) is 1. The molecule has 0 radical (unpaired) electrons. The van der Waals surface area contributed by atoms with E-state index in [1.54, 1.807) is 0 Å². The highest BCUT2D eigenvalue weighted by molar-refractivity contribution is 5.84. The van der Waals surface area contributed by atoms with E-state index in [1.165, 1.54) is 5.57 Å². The first-order chi connectivity index (χ1) is 5.27. The summed E-state index contributed by atoms with van der Waals surface area (Å²) in [6, 6.07) is 0.422. The third-order valence-electron chi connectivity index (χ3n) is 2.03. The first-order valence-corrected chi connectivity index (χ1v) is 4.27. The van der Waals surface area contributed by atoms with Crippen molar-refractivity contribution in [2.75, 3.05) is 0 Å². The highest BCUT2D eigenvalue weighted by Gasteiger charge is 2.11. The molecule has 0 aromatic carbocycles. The minimum Gasteiger partial charge on any atom is -0.350 e. The van der Waals surface area contributed by atoms with Crippen LogP contribution >= 0.6 is 0 Å². The minimum atomic E-state index is 0.422. The van der Waals surface area contributed by atoms with E-state index in [2.05, 4.69) is 37.3 Å². The molecule has 0 aliphatic carbocycles. The Morgan fingerprint density at radius 1 is 1.55 bits per heavy atom. The zero-order chi connectivity index (χ0) is 8.27. The molecule has 0 amide bonds. The molecule has 0 spiro atoms. The largest absolute Gasteiger partial charge is 0.350 e. The Labute approximate surface area is 68.4 Å². The molecule has 0 fully saturated rings. The second-order valence-corrected chi connectivity index (χ2v) is 2.89. The van der Waals surface area contributed by atoms with E-state index in [9.17, 15) is 0 Å². The molecule has 1 unspecified atom stereocenters. The molecule has 1 heterocycles. The molecule has 62 valence electrons. The number of amidine groups is 1. The predicted octanol–water partition coefficient (Wildman–Crippen LogP) is 2.08. The summed E-state index contributed by atoms with van der Waals surface area (Å²) >= 11 is 0. The van der Waals surface area contributed by atoms with Crippen LogP contribution in [0.1, 0.15) is 33.6 Å². The zero-order valence-electron chi connectivity index (χ0n) is 7.52. The van der Waals surface area contributed by atoms with E-state index in [0.29, 0.717) is 6.04 Å². The zero-order valence-corrected chi connectivity index (χ0v) is 7.52. The van der Waals surface area contributed by atoms with Crippen LogP contribution in [0.3, 0.4) is 0 Å². The molecule has 0 aromatic heterocycles. The number of nitrogens with one attached hydrogen (secondary N) is 1. The molecule has 2 heteroatoms. The van der Waals surface area contributed by atoms with Crippen LogP contribution in [0, 0.1) is 0 Å². The standard InChI is InChI=1S/C9H16N2/c1-4-8-7(3)6-10-9(5-2)11-8/h6,8H,4-5H2,1-3H3,(H,10,11). The number of aliphatic imine (C=N–C) groups is 1. The van der Waals surface area contributed by atoms with Gasteiger partial charge >= 0.3 is 0 Å². The molecule has 11 heavy (non-hydrogen) atoms. The molecule has 2 nitrogen and oxygen atoms in total. The smallest absolute Gasteiger partial charge is 0.101 e. The maximum atomic E-state index is 4.54. The SMILES string of the molecule is CCC1=NC(CC)C(C)=CN1. The lowest BCUT2D eigenvalue weighted by Crippen LogP contribution is -2.26. The summed E-state index contributed by atoms with van der Waals surface area (Å²) in [5, 5.41) is 3.17. The molecule has 0 bridgehead atoms. The van der Waals surface area contributed by atoms with E-state index in [4.69, 9.17) is 0 Å². The van der Waals surface area contributed by atoms with Crippen molar-refractivity contribution in [3.63, 3.8) is 0 Å². The average molecular weight is 152 g/mol. The van der Waals surface area contributed by atoms with Crippen molar-refractivity contribution in [2.24, 2.45) is 4.99 Å². The maximum Gasteiger partial charge on any atom is 0.101 e. The van der Waals surface area contributed by atoms with E-state index < -0.39 is 0 Å². The maximum absolute atomic E-state index is 4.54. The fourth-order valence-corrected chi connectivity index (χ4v) is 1.23. The van der Waals surface area contributed by atoms with Gasteiger partial charge in [-0.25, -0.2) is 0 Å². The molecule has 1 atom stereocenters. The Hall–Kier alpha value is -0.790. The molecular weight excluding hydrogens is 136 g/mol. The van der Waals surface area contributed by atoms with Crippen molar-refractivity contribution in [1.82, 2.24) is 5.32 Å². The third kappa shape index (κ3) is 1.82. The minimum absolute atomic E-state index is 0.422. The van der Waals surface area contributed by atoms with Crippen molar-refractivity contribution >= 4 is 5.84 Å². The van der Waals surface area contributed by atoms with Crippen LogP contribution in [0.4, 0.5) is 0 Å². The van der Waals surface area contributed by atoms with Crippen LogP contribution in [-0.2, 0) is 0 Å². The molecule has 1 aliphatic heterocycles. The number of hydrogen-bond acceptors (Lipinski definition) is 2. The van der Waals surface area contributed by atoms with Crippen LogP contribution in [0.2, 0.25) is 0 Å². The van der Waals surface area contributed by atoms with Gasteiger partial charge in [0, 0.05) is 12.6 Å². The summed E-state index contributed by atoms with van der Waals surface area (Å²) < 4.78 is 0. The van der Waals surface area contributed by atoms with Crippen molar-refractivity contribution in [1.29, 1.82) is 0 Å². The summed E-state index contributed by atoms with van der Waals surface area (Å²) in [5.74, 6) is 1.11. The second-order valence-electron chi connectivity index (χ2n) is 2.89. The van der Waals surface area contributed by atoms with Crippen LogP contribution in [0.5, 0.6) is 0 Å². The summed E-state index contributed by atoms with van der Waals surface area (Å²) in [7, 11) is 0. The first-order valence-electron chi connectivity index (χ1n) is 4.27. The van der Waals surface area contributed by atoms with Gasteiger partial charge in [0.05, 0.1) is 6.04 Å². The number of rotatable bonds is 2. The Balaban J connectivity index is 2.66. The van der Waals surface area contributed by atoms with Crippen LogP contribution in [-0.4, -0.2) is 11.9 Å². The lowest BCUT2D eigenvalue weighted by Gasteiger charge is -2.19. The molecule has 1 aliphatic rings. The average Bonchev–Trinajstić information content (AvgIpc) is 2.05. The van der Waals surface area contributed by atoms with E-state index in [1.807, 2.05) is 0 Å². The van der Waals surface area contributed by atoms with Crippen LogP contribution in [0.15, 0.2) is 16.8 Å². The predicted molar refractivity (Wildman–Crippen MR) is 48.7 cm³/mol. The van der Waals surface area contributed by atoms with Crippen LogP contribution in [0.25, 0.3) is 0 Å². The molecule has 1 rings (SSSR count). The van der Waals surface area contributed by atoms with Gasteiger partial charge in [0.15, 0.2) is 0 Å². The number of nitrogens with zero attached hydrogens (tertiary/aromatic N) is 1. The monoisotopic (exact) mass is 152 g/mol. The van der Waals surface area contributed by atoms with Gasteiger partial charge in [0.2, 0.25) is 0 Å². The van der Waals surface area contributed by atoms with Crippen molar-refractivity contribution in [2.45, 2.75) is 39.7 Å². The first kappa shape index (κ1) is 8.31. The Morgan fingerprint density at radius 2 is 2.27 bits per heavy atom. The van der Waals surface area contributed by atoms with E-state index >= 15 is 0 Å². The lowest BCUT2D eigenvalue weighted by atomic mass is 10.1. The quantitative estimate of drug-likeness (QED) is 0.643.